The first kappa shape index (κ1) is 16.6. The second kappa shape index (κ2) is 7.49. The molecule has 1 unspecified atom stereocenters. The highest BCUT2D eigenvalue weighted by molar-refractivity contribution is 6.30. The molecule has 5 nitrogen and oxygen atoms in total. The van der Waals surface area contributed by atoms with Gasteiger partial charge in [-0.1, -0.05) is 23.7 Å². The maximum absolute atomic E-state index is 11.7. The average Bonchev–Trinajstić information content (AvgIpc) is 3.28. The van der Waals surface area contributed by atoms with Crippen LogP contribution >= 0.6 is 11.6 Å². The molecule has 0 spiro atoms. The van der Waals surface area contributed by atoms with Crippen molar-refractivity contribution in [2.24, 2.45) is 4.99 Å². The summed E-state index contributed by atoms with van der Waals surface area (Å²) in [6, 6.07) is 8.26. The molecule has 22 heavy (non-hydrogen) atoms. The summed E-state index contributed by atoms with van der Waals surface area (Å²) in [5, 5.41) is 7.40. The van der Waals surface area contributed by atoms with Gasteiger partial charge in [-0.25, -0.2) is 4.99 Å². The Labute approximate surface area is 136 Å². The molecule has 0 aliphatic heterocycles. The van der Waals surface area contributed by atoms with E-state index in [1.807, 2.05) is 24.3 Å². The minimum Gasteiger partial charge on any atom is -0.354 e. The summed E-state index contributed by atoms with van der Waals surface area (Å²) >= 11 is 5.91. The van der Waals surface area contributed by atoms with E-state index in [1.165, 1.54) is 0 Å². The van der Waals surface area contributed by atoms with Gasteiger partial charge in [0.25, 0.3) is 0 Å². The van der Waals surface area contributed by atoms with Crippen molar-refractivity contribution >= 4 is 23.5 Å². The number of rotatable bonds is 5. The summed E-state index contributed by atoms with van der Waals surface area (Å²) in [5.74, 6) is 0.663. The normalized spacial score (nSPS) is 16.1. The minimum atomic E-state index is -0.0176. The molecule has 6 heteroatoms. The van der Waals surface area contributed by atoms with Crippen LogP contribution in [0.15, 0.2) is 29.3 Å². The van der Waals surface area contributed by atoms with Gasteiger partial charge in [0.05, 0.1) is 6.04 Å². The number of aliphatic imine (C=N–C) groups is 1. The quantitative estimate of drug-likeness (QED) is 0.645. The zero-order valence-electron chi connectivity index (χ0n) is 13.3. The second-order valence-electron chi connectivity index (χ2n) is 5.79. The highest BCUT2D eigenvalue weighted by Gasteiger charge is 2.23. The number of halogens is 1. The highest BCUT2D eigenvalue weighted by atomic mass is 35.5. The molecule has 1 aliphatic carbocycles. The van der Waals surface area contributed by atoms with Gasteiger partial charge in [0.1, 0.15) is 6.54 Å². The summed E-state index contributed by atoms with van der Waals surface area (Å²) in [6.07, 6.45) is 2.30. The topological polar surface area (TPSA) is 56.7 Å². The molecule has 1 aromatic rings. The Hall–Kier alpha value is -1.75. The van der Waals surface area contributed by atoms with E-state index in [4.69, 9.17) is 11.6 Å². The van der Waals surface area contributed by atoms with Crippen LogP contribution in [0, 0.1) is 0 Å². The van der Waals surface area contributed by atoms with E-state index in [0.717, 1.165) is 23.4 Å². The number of hydrogen-bond donors (Lipinski definition) is 2. The van der Waals surface area contributed by atoms with Gasteiger partial charge in [-0.3, -0.25) is 4.79 Å². The van der Waals surface area contributed by atoms with Crippen molar-refractivity contribution in [1.29, 1.82) is 0 Å². The molecule has 0 heterocycles. The van der Waals surface area contributed by atoms with Gasteiger partial charge in [0.15, 0.2) is 5.96 Å². The first-order valence-electron chi connectivity index (χ1n) is 7.49. The molecule has 0 saturated heterocycles. The number of carbonyl (C=O) groups excluding carboxylic acids is 1. The molecule has 0 bridgehead atoms. The summed E-state index contributed by atoms with van der Waals surface area (Å²) in [6.45, 7) is 2.20. The number of amides is 1. The van der Waals surface area contributed by atoms with Gasteiger partial charge in [-0.2, -0.15) is 0 Å². The first-order chi connectivity index (χ1) is 10.5. The number of nitrogens with one attached hydrogen (secondary N) is 2. The van der Waals surface area contributed by atoms with Crippen molar-refractivity contribution in [1.82, 2.24) is 15.5 Å². The second-order valence-corrected chi connectivity index (χ2v) is 6.23. The van der Waals surface area contributed by atoms with E-state index < -0.39 is 0 Å². The molecule has 1 fully saturated rings. The predicted molar refractivity (Wildman–Crippen MR) is 90.2 cm³/mol. The van der Waals surface area contributed by atoms with E-state index in [2.05, 4.69) is 22.5 Å². The van der Waals surface area contributed by atoms with E-state index in [9.17, 15) is 4.79 Å². The van der Waals surface area contributed by atoms with E-state index in [0.29, 0.717) is 12.0 Å². The molecule has 2 N–H and O–H groups in total. The number of likely N-dealkylation sites (N-methyl/N-ethyl adjacent to an activating group) is 1. The molecule has 120 valence electrons. The van der Waals surface area contributed by atoms with Gasteiger partial charge in [-0.05, 0) is 37.5 Å². The maximum atomic E-state index is 11.7. The van der Waals surface area contributed by atoms with Crippen molar-refractivity contribution in [3.63, 3.8) is 0 Å². The van der Waals surface area contributed by atoms with Crippen LogP contribution in [-0.4, -0.2) is 43.4 Å². The fraction of sp³-hybridized carbons (Fsp3) is 0.500. The van der Waals surface area contributed by atoms with Crippen molar-refractivity contribution in [2.75, 3.05) is 20.6 Å². The number of hydrogen-bond acceptors (Lipinski definition) is 2. The molecule has 1 aromatic carbocycles. The molecule has 1 saturated carbocycles. The van der Waals surface area contributed by atoms with Gasteiger partial charge in [0.2, 0.25) is 5.91 Å². The number of carbonyl (C=O) groups is 1. The molecule has 1 amide bonds. The molecule has 2 rings (SSSR count). The number of benzene rings is 1. The van der Waals surface area contributed by atoms with E-state index >= 15 is 0 Å². The summed E-state index contributed by atoms with van der Waals surface area (Å²) in [5.41, 5.74) is 1.12. The summed E-state index contributed by atoms with van der Waals surface area (Å²) < 4.78 is 0. The summed E-state index contributed by atoms with van der Waals surface area (Å²) in [4.78, 5) is 17.6. The maximum Gasteiger partial charge on any atom is 0.243 e. The van der Waals surface area contributed by atoms with Crippen LogP contribution in [0.3, 0.4) is 0 Å². The van der Waals surface area contributed by atoms with Gasteiger partial charge >= 0.3 is 0 Å². The molecule has 0 radical (unpaired) electrons. The van der Waals surface area contributed by atoms with Gasteiger partial charge in [0, 0.05) is 25.2 Å². The zero-order valence-corrected chi connectivity index (χ0v) is 14.0. The van der Waals surface area contributed by atoms with Crippen molar-refractivity contribution < 1.29 is 4.79 Å². The Morgan fingerprint density at radius 2 is 2.00 bits per heavy atom. The average molecular weight is 323 g/mol. The molecular weight excluding hydrogens is 300 g/mol. The van der Waals surface area contributed by atoms with Crippen LogP contribution < -0.4 is 10.6 Å². The van der Waals surface area contributed by atoms with E-state index in [1.54, 1.807) is 19.0 Å². The van der Waals surface area contributed by atoms with Crippen molar-refractivity contribution in [2.45, 2.75) is 31.8 Å². The Balaban J connectivity index is 2.00. The number of nitrogens with zero attached hydrogens (tertiary/aromatic N) is 2. The lowest BCUT2D eigenvalue weighted by atomic mass is 10.1. The zero-order chi connectivity index (χ0) is 16.1. The lowest BCUT2D eigenvalue weighted by molar-refractivity contribution is -0.127. The fourth-order valence-electron chi connectivity index (χ4n) is 1.88. The first-order valence-corrected chi connectivity index (χ1v) is 7.86. The van der Waals surface area contributed by atoms with Gasteiger partial charge < -0.3 is 15.5 Å². The van der Waals surface area contributed by atoms with Crippen LogP contribution in [0.2, 0.25) is 5.02 Å². The third-order valence-electron chi connectivity index (χ3n) is 3.51. The Morgan fingerprint density at radius 1 is 1.36 bits per heavy atom. The Morgan fingerprint density at radius 3 is 2.55 bits per heavy atom. The smallest absolute Gasteiger partial charge is 0.243 e. The minimum absolute atomic E-state index is 0.0176. The SMILES string of the molecule is CC(NC(=NCC(=O)N(C)C)NC1CC1)c1ccc(Cl)cc1. The monoisotopic (exact) mass is 322 g/mol. The van der Waals surface area contributed by atoms with Crippen LogP contribution in [-0.2, 0) is 4.79 Å². The Kier molecular flexibility index (Phi) is 5.66. The van der Waals surface area contributed by atoms with Gasteiger partial charge in [-0.15, -0.1) is 0 Å². The fourth-order valence-corrected chi connectivity index (χ4v) is 2.01. The van der Waals surface area contributed by atoms with Crippen molar-refractivity contribution in [3.8, 4) is 0 Å². The van der Waals surface area contributed by atoms with Crippen LogP contribution in [0.1, 0.15) is 31.4 Å². The third kappa shape index (κ3) is 5.22. The van der Waals surface area contributed by atoms with Crippen molar-refractivity contribution in [3.05, 3.63) is 34.9 Å². The molecule has 1 aliphatic rings. The molecule has 0 aromatic heterocycles. The summed E-state index contributed by atoms with van der Waals surface area (Å²) in [7, 11) is 3.46. The third-order valence-corrected chi connectivity index (χ3v) is 3.76. The largest absolute Gasteiger partial charge is 0.354 e. The lowest BCUT2D eigenvalue weighted by Gasteiger charge is -2.19. The van der Waals surface area contributed by atoms with Crippen LogP contribution in [0.25, 0.3) is 0 Å². The Bertz CT molecular complexity index is 538. The lowest BCUT2D eigenvalue weighted by Crippen LogP contribution is -2.40. The molecular formula is C16H23ClN4O. The highest BCUT2D eigenvalue weighted by Crippen LogP contribution is 2.19. The molecule has 1 atom stereocenters. The van der Waals surface area contributed by atoms with Crippen LogP contribution in [0.4, 0.5) is 0 Å². The van der Waals surface area contributed by atoms with E-state index in [-0.39, 0.29) is 18.5 Å². The standard InChI is InChI=1S/C16H23ClN4O/c1-11(12-4-6-13(17)7-5-12)19-16(20-14-8-9-14)18-10-15(22)21(2)3/h4-7,11,14H,8-10H2,1-3H3,(H2,18,19,20). The number of guanidine groups is 1. The predicted octanol–water partition coefficient (Wildman–Crippen LogP) is 2.19. The van der Waals surface area contributed by atoms with Crippen LogP contribution in [0.5, 0.6) is 0 Å².